The van der Waals surface area contributed by atoms with Gasteiger partial charge in [-0.2, -0.15) is 0 Å². The van der Waals surface area contributed by atoms with Crippen LogP contribution in [-0.4, -0.2) is 93.6 Å². The molecular formula is C17H31IN4O4S. The van der Waals surface area contributed by atoms with E-state index in [2.05, 4.69) is 10.2 Å². The Kier molecular flexibility index (Phi) is 8.60. The number of aliphatic imine (C=N–C) groups is 1. The van der Waals surface area contributed by atoms with E-state index in [1.54, 1.807) is 6.92 Å². The maximum absolute atomic E-state index is 11.7. The molecule has 0 saturated carbocycles. The van der Waals surface area contributed by atoms with E-state index in [4.69, 9.17) is 9.73 Å². The van der Waals surface area contributed by atoms with Crippen LogP contribution in [0.4, 0.5) is 0 Å². The zero-order valence-corrected chi connectivity index (χ0v) is 19.1. The monoisotopic (exact) mass is 514 g/mol. The van der Waals surface area contributed by atoms with Gasteiger partial charge in [-0.25, -0.2) is 8.42 Å². The van der Waals surface area contributed by atoms with Crippen molar-refractivity contribution in [3.8, 4) is 0 Å². The van der Waals surface area contributed by atoms with E-state index in [1.165, 1.54) is 0 Å². The molecule has 0 aromatic heterocycles. The quantitative estimate of drug-likeness (QED) is 0.331. The molecule has 3 aliphatic rings. The molecule has 0 spiro atoms. The molecule has 3 aliphatic heterocycles. The molecule has 3 heterocycles. The van der Waals surface area contributed by atoms with Crippen LogP contribution in [0.25, 0.3) is 0 Å². The van der Waals surface area contributed by atoms with Crippen LogP contribution in [0.5, 0.6) is 0 Å². The van der Waals surface area contributed by atoms with E-state index < -0.39 is 9.84 Å². The summed E-state index contributed by atoms with van der Waals surface area (Å²) in [7, 11) is -2.88. The summed E-state index contributed by atoms with van der Waals surface area (Å²) in [5.41, 5.74) is 0. The number of piperazine rings is 1. The average molecular weight is 514 g/mol. The predicted octanol–water partition coefficient (Wildman–Crippen LogP) is 0.328. The van der Waals surface area contributed by atoms with Gasteiger partial charge in [0, 0.05) is 52.8 Å². The molecule has 0 aliphatic carbocycles. The minimum atomic E-state index is -2.88. The summed E-state index contributed by atoms with van der Waals surface area (Å²) in [4.78, 5) is 20.3. The van der Waals surface area contributed by atoms with Crippen LogP contribution in [0.3, 0.4) is 0 Å². The number of ether oxygens (including phenoxy) is 1. The first-order valence-corrected chi connectivity index (χ1v) is 11.4. The van der Waals surface area contributed by atoms with Crippen molar-refractivity contribution < 1.29 is 17.9 Å². The third kappa shape index (κ3) is 6.74. The van der Waals surface area contributed by atoms with E-state index >= 15 is 0 Å². The molecule has 0 bridgehead atoms. The third-order valence-corrected chi connectivity index (χ3v) is 7.20. The van der Waals surface area contributed by atoms with Crippen molar-refractivity contribution in [2.24, 2.45) is 10.9 Å². The summed E-state index contributed by atoms with van der Waals surface area (Å²) in [6.45, 7) is 6.51. The van der Waals surface area contributed by atoms with Crippen LogP contribution >= 0.6 is 24.0 Å². The van der Waals surface area contributed by atoms with Crippen LogP contribution in [0, 0.1) is 5.92 Å². The van der Waals surface area contributed by atoms with Gasteiger partial charge in [-0.3, -0.25) is 9.79 Å². The third-order valence-electron chi connectivity index (χ3n) is 5.36. The molecule has 8 nitrogen and oxygen atoms in total. The van der Waals surface area contributed by atoms with Crippen LogP contribution in [-0.2, 0) is 19.4 Å². The molecule has 27 heavy (non-hydrogen) atoms. The number of sulfone groups is 1. The predicted molar refractivity (Wildman–Crippen MR) is 115 cm³/mol. The smallest absolute Gasteiger partial charge is 0.219 e. The van der Waals surface area contributed by atoms with Crippen molar-refractivity contribution in [1.82, 2.24) is 15.1 Å². The lowest BCUT2D eigenvalue weighted by Gasteiger charge is -2.36. The Hall–Kier alpha value is -0.620. The number of rotatable bonds is 4. The molecule has 3 fully saturated rings. The Balaban J connectivity index is 0.00000261. The molecule has 0 aromatic rings. The molecule has 10 heteroatoms. The highest BCUT2D eigenvalue weighted by Crippen LogP contribution is 2.19. The van der Waals surface area contributed by atoms with Crippen LogP contribution in [0.15, 0.2) is 4.99 Å². The molecule has 2 atom stereocenters. The number of halogens is 1. The Bertz CT molecular complexity index is 629. The fourth-order valence-corrected chi connectivity index (χ4v) is 5.59. The highest BCUT2D eigenvalue weighted by atomic mass is 127. The topological polar surface area (TPSA) is 91.3 Å². The number of nitrogens with one attached hydrogen (secondary N) is 1. The molecule has 1 N–H and O–H groups in total. The number of carbonyl (C=O) groups is 1. The molecule has 0 radical (unpaired) electrons. The second kappa shape index (κ2) is 10.2. The van der Waals surface area contributed by atoms with Gasteiger partial charge >= 0.3 is 0 Å². The molecule has 1 amide bonds. The number of guanidine groups is 1. The summed E-state index contributed by atoms with van der Waals surface area (Å²) in [5.74, 6) is 1.55. The van der Waals surface area contributed by atoms with Crippen molar-refractivity contribution >= 4 is 45.7 Å². The van der Waals surface area contributed by atoms with Gasteiger partial charge < -0.3 is 19.9 Å². The van der Waals surface area contributed by atoms with Gasteiger partial charge in [0.05, 0.1) is 17.6 Å². The molecule has 2 unspecified atom stereocenters. The molecule has 0 aromatic carbocycles. The van der Waals surface area contributed by atoms with E-state index in [1.807, 2.05) is 4.90 Å². The lowest BCUT2D eigenvalue weighted by molar-refractivity contribution is -0.130. The summed E-state index contributed by atoms with van der Waals surface area (Å²) in [6.07, 6.45) is 3.06. The lowest BCUT2D eigenvalue weighted by atomic mass is 10.1. The van der Waals surface area contributed by atoms with Crippen molar-refractivity contribution in [3.63, 3.8) is 0 Å². The number of amides is 1. The summed E-state index contributed by atoms with van der Waals surface area (Å²) in [6, 6.07) is 0. The summed E-state index contributed by atoms with van der Waals surface area (Å²) >= 11 is 0. The summed E-state index contributed by atoms with van der Waals surface area (Å²) < 4.78 is 29.0. The van der Waals surface area contributed by atoms with Gasteiger partial charge in [-0.15, -0.1) is 24.0 Å². The zero-order chi connectivity index (χ0) is 18.6. The van der Waals surface area contributed by atoms with Crippen LogP contribution in [0.2, 0.25) is 0 Å². The van der Waals surface area contributed by atoms with Gasteiger partial charge in [0.2, 0.25) is 5.91 Å². The van der Waals surface area contributed by atoms with Gasteiger partial charge in [0.1, 0.15) is 0 Å². The van der Waals surface area contributed by atoms with Crippen molar-refractivity contribution in [3.05, 3.63) is 0 Å². The molecule has 156 valence electrons. The standard InChI is InChI=1S/C17H30N4O4S.HI/c1-14(22)20-5-7-21(8-6-20)17(19-12-16-3-2-9-25-16)18-11-15-4-10-26(23,24)13-15;/h15-16H,2-13H2,1H3,(H,18,19);1H. The second-order valence-corrected chi connectivity index (χ2v) is 9.67. The van der Waals surface area contributed by atoms with Crippen molar-refractivity contribution in [1.29, 1.82) is 0 Å². The molecular weight excluding hydrogens is 483 g/mol. The van der Waals surface area contributed by atoms with Crippen molar-refractivity contribution in [2.75, 3.05) is 57.4 Å². The minimum absolute atomic E-state index is 0. The van der Waals surface area contributed by atoms with E-state index in [9.17, 15) is 13.2 Å². The number of carbonyl (C=O) groups excluding carboxylic acids is 1. The number of hydrogen-bond acceptors (Lipinski definition) is 5. The maximum Gasteiger partial charge on any atom is 0.219 e. The highest BCUT2D eigenvalue weighted by Gasteiger charge is 2.28. The average Bonchev–Trinajstić information content (AvgIpc) is 3.24. The van der Waals surface area contributed by atoms with Gasteiger partial charge in [0.15, 0.2) is 15.8 Å². The first-order chi connectivity index (χ1) is 12.4. The highest BCUT2D eigenvalue weighted by molar-refractivity contribution is 14.0. The first kappa shape index (κ1) is 22.7. The first-order valence-electron chi connectivity index (χ1n) is 9.54. The molecule has 3 rings (SSSR count). The van der Waals surface area contributed by atoms with Crippen LogP contribution < -0.4 is 5.32 Å². The second-order valence-electron chi connectivity index (χ2n) is 7.44. The largest absolute Gasteiger partial charge is 0.376 e. The minimum Gasteiger partial charge on any atom is -0.376 e. The summed E-state index contributed by atoms with van der Waals surface area (Å²) in [5, 5.41) is 3.42. The lowest BCUT2D eigenvalue weighted by Crippen LogP contribution is -2.54. The molecule has 3 saturated heterocycles. The Morgan fingerprint density at radius 2 is 1.89 bits per heavy atom. The Morgan fingerprint density at radius 1 is 1.19 bits per heavy atom. The number of nitrogens with zero attached hydrogens (tertiary/aromatic N) is 3. The fourth-order valence-electron chi connectivity index (χ4n) is 3.74. The maximum atomic E-state index is 11.7. The van der Waals surface area contributed by atoms with Crippen molar-refractivity contribution in [2.45, 2.75) is 32.3 Å². The van der Waals surface area contributed by atoms with E-state index in [0.717, 1.165) is 38.5 Å². The van der Waals surface area contributed by atoms with Crippen LogP contribution in [0.1, 0.15) is 26.2 Å². The Morgan fingerprint density at radius 3 is 2.44 bits per heavy atom. The Labute approximate surface area is 179 Å². The van der Waals surface area contributed by atoms with E-state index in [-0.39, 0.29) is 53.4 Å². The van der Waals surface area contributed by atoms with E-state index in [0.29, 0.717) is 32.6 Å². The van der Waals surface area contributed by atoms with Gasteiger partial charge in [-0.05, 0) is 25.2 Å². The fraction of sp³-hybridized carbons (Fsp3) is 0.882. The van der Waals surface area contributed by atoms with Gasteiger partial charge in [0.25, 0.3) is 0 Å². The SMILES string of the molecule is CC(=O)N1CCN(C(=NCC2CCS(=O)(=O)C2)NCC2CCCO2)CC1.I. The normalized spacial score (nSPS) is 28.1. The number of hydrogen-bond donors (Lipinski definition) is 1. The van der Waals surface area contributed by atoms with Gasteiger partial charge in [-0.1, -0.05) is 0 Å². The zero-order valence-electron chi connectivity index (χ0n) is 15.9.